The fourth-order valence-corrected chi connectivity index (χ4v) is 9.17. The van der Waals surface area contributed by atoms with E-state index in [1.807, 2.05) is 115 Å². The number of nitrogens with zero attached hydrogens (tertiary/aromatic N) is 6. The molecule has 9 aromatic carbocycles. The SMILES string of the molecule is [2H]c1c([2H])c([2H])c(-c2cccc(-c3c([2H])c([2H])c([2H])c([2H])c3[2H])c2-[n+]2[c-]n(-c3[c-]c(Oc4[c-]c(N5B6N(c7ccccc7)c7ccccc7Oc7ccccc7N6c6cccnc65)ccc4)ccc3)c3ccccc32)c([2H])c1[2H].[Pt]. The first kappa shape index (κ1) is 33.0. The van der Waals surface area contributed by atoms with Crippen LogP contribution in [-0.2, 0) is 21.1 Å². The number of pyridine rings is 1. The van der Waals surface area contributed by atoms with E-state index in [0.717, 1.165) is 22.7 Å². The van der Waals surface area contributed by atoms with Crippen LogP contribution in [-0.4, -0.2) is 16.7 Å². The van der Waals surface area contributed by atoms with Gasteiger partial charge in [0.15, 0.2) is 0 Å². The summed E-state index contributed by atoms with van der Waals surface area (Å²) in [6, 6.07) is 54.7. The minimum absolute atomic E-state index is 0. The number of aromatic nitrogens is 3. The van der Waals surface area contributed by atoms with E-state index in [0.29, 0.717) is 51.2 Å². The minimum Gasteiger partial charge on any atom is -0.510 e. The van der Waals surface area contributed by atoms with Crippen LogP contribution in [0.4, 0.5) is 34.3 Å². The van der Waals surface area contributed by atoms with Gasteiger partial charge in [-0.15, -0.1) is 30.3 Å². The Morgan fingerprint density at radius 2 is 1.10 bits per heavy atom. The fourth-order valence-electron chi connectivity index (χ4n) is 9.17. The largest absolute Gasteiger partial charge is 0.518 e. The van der Waals surface area contributed by atoms with E-state index in [1.165, 1.54) is 0 Å². The number of rotatable bonds is 8. The zero-order valence-corrected chi connectivity index (χ0v) is 38.9. The van der Waals surface area contributed by atoms with Crippen LogP contribution in [0.2, 0.25) is 0 Å². The summed E-state index contributed by atoms with van der Waals surface area (Å²) in [6.45, 7) is 0. The topological polar surface area (TPSA) is 49.9 Å². The smallest absolute Gasteiger partial charge is 0.510 e. The quantitative estimate of drug-likeness (QED) is 0.0859. The van der Waals surface area contributed by atoms with Gasteiger partial charge in [0.2, 0.25) is 0 Å². The van der Waals surface area contributed by atoms with Crippen LogP contribution in [0.1, 0.15) is 13.7 Å². The number of anilines is 6. The van der Waals surface area contributed by atoms with Gasteiger partial charge >= 0.3 is 7.12 Å². The van der Waals surface area contributed by atoms with Crippen LogP contribution in [0, 0.1) is 18.5 Å². The molecule has 13 rings (SSSR count). The van der Waals surface area contributed by atoms with Crippen molar-refractivity contribution in [1.82, 2.24) is 9.55 Å². The third kappa shape index (κ3) is 7.39. The van der Waals surface area contributed by atoms with Crippen molar-refractivity contribution in [3.05, 3.63) is 255 Å². The standard InChI is InChI=1S/C60H39BN6O2.Pt/c1-4-20-43(21-5-1)50-30-18-31-51(44-22-6-2-7-23-44)59(50)64-42-63(52-32-10-11-33-53(52)64)46-26-16-28-48(40-46)68-49-29-17-27-47(41-49)66-60-56(36-19-39-62-60)67-55-35-13-15-38-58(55)69-57-37-14-12-34-54(57)65(61(66)67)45-24-8-3-9-25-45;/h1-39H;/q-2;/i1D,2D,4D,5D,6D,7D,20D,21D,22D,23D;. The average Bonchev–Trinajstić information content (AvgIpc) is 3.47. The van der Waals surface area contributed by atoms with Crippen molar-refractivity contribution in [3.8, 4) is 56.6 Å². The molecule has 0 bridgehead atoms. The Hall–Kier alpha value is -8.65. The van der Waals surface area contributed by atoms with Gasteiger partial charge in [-0.1, -0.05) is 151 Å². The van der Waals surface area contributed by atoms with E-state index in [1.54, 1.807) is 57.8 Å². The molecule has 11 aromatic rings. The summed E-state index contributed by atoms with van der Waals surface area (Å²) in [5.74, 6) is 2.71. The average molecular weight is 1090 g/mol. The summed E-state index contributed by atoms with van der Waals surface area (Å²) in [5, 5.41) is 0. The summed E-state index contributed by atoms with van der Waals surface area (Å²) in [5.41, 5.74) is 5.74. The minimum atomic E-state index is -0.581. The molecular formula is C60H39BN6O2Pt-2. The molecule has 2 aromatic heterocycles. The molecule has 0 unspecified atom stereocenters. The third-order valence-electron chi connectivity index (χ3n) is 12.0. The van der Waals surface area contributed by atoms with E-state index in [-0.39, 0.29) is 49.0 Å². The zero-order valence-electron chi connectivity index (χ0n) is 46.6. The van der Waals surface area contributed by atoms with Gasteiger partial charge in [-0.05, 0) is 76.5 Å². The van der Waals surface area contributed by atoms with Crippen LogP contribution >= 0.6 is 0 Å². The van der Waals surface area contributed by atoms with Gasteiger partial charge in [0, 0.05) is 44.4 Å². The Morgan fingerprint density at radius 1 is 0.529 bits per heavy atom. The molecule has 0 saturated heterocycles. The van der Waals surface area contributed by atoms with Gasteiger partial charge in [0.25, 0.3) is 6.33 Å². The first-order valence-corrected chi connectivity index (χ1v) is 22.1. The molecule has 0 N–H and O–H groups in total. The van der Waals surface area contributed by atoms with Crippen molar-refractivity contribution in [2.75, 3.05) is 14.4 Å². The molecule has 0 aliphatic carbocycles. The van der Waals surface area contributed by atoms with Crippen molar-refractivity contribution in [1.29, 1.82) is 0 Å². The van der Waals surface area contributed by atoms with Crippen molar-refractivity contribution in [2.24, 2.45) is 0 Å². The molecule has 0 atom stereocenters. The first-order chi connectivity index (χ1) is 38.4. The molecule has 0 spiro atoms. The molecule has 2 aliphatic heterocycles. The molecule has 8 nitrogen and oxygen atoms in total. The van der Waals surface area contributed by atoms with Gasteiger partial charge in [0.05, 0.1) is 47.5 Å². The molecule has 336 valence electrons. The number of fused-ring (bicyclic) bond motifs is 7. The maximum Gasteiger partial charge on any atom is 0.518 e. The van der Waals surface area contributed by atoms with Gasteiger partial charge in [-0.25, -0.2) is 4.98 Å². The first-order valence-electron chi connectivity index (χ1n) is 27.1. The van der Waals surface area contributed by atoms with Crippen molar-refractivity contribution in [3.63, 3.8) is 0 Å². The van der Waals surface area contributed by atoms with E-state index in [9.17, 15) is 0 Å². The van der Waals surface area contributed by atoms with Gasteiger partial charge in [-0.3, -0.25) is 4.57 Å². The van der Waals surface area contributed by atoms with Crippen LogP contribution in [0.15, 0.2) is 236 Å². The maximum atomic E-state index is 9.06. The van der Waals surface area contributed by atoms with E-state index in [4.69, 9.17) is 28.2 Å². The van der Waals surface area contributed by atoms with Gasteiger partial charge in [-0.2, -0.15) is 18.2 Å². The van der Waals surface area contributed by atoms with Crippen LogP contribution in [0.25, 0.3) is 44.7 Å². The normalized spacial score (nSPS) is 14.5. The predicted molar refractivity (Wildman–Crippen MR) is 275 cm³/mol. The summed E-state index contributed by atoms with van der Waals surface area (Å²) in [7, 11) is -0.573. The molecule has 2 aliphatic rings. The molecule has 0 fully saturated rings. The summed E-state index contributed by atoms with van der Waals surface area (Å²) >= 11 is 0. The number of benzene rings is 9. The second kappa shape index (κ2) is 18.1. The second-order valence-corrected chi connectivity index (χ2v) is 16.0. The Labute approximate surface area is 435 Å². The van der Waals surface area contributed by atoms with Crippen LogP contribution in [0.5, 0.6) is 23.0 Å². The van der Waals surface area contributed by atoms with Gasteiger partial charge in [0.1, 0.15) is 17.3 Å². The Balaban J connectivity index is 0.00000637. The van der Waals surface area contributed by atoms with Crippen LogP contribution < -0.4 is 28.5 Å². The van der Waals surface area contributed by atoms with Crippen molar-refractivity contribution < 1.29 is 48.8 Å². The fraction of sp³-hybridized carbons (Fsp3) is 0. The molecule has 0 radical (unpaired) electrons. The van der Waals surface area contributed by atoms with E-state index < -0.39 is 67.5 Å². The number of imidazole rings is 1. The second-order valence-electron chi connectivity index (χ2n) is 16.0. The molecule has 0 amide bonds. The maximum absolute atomic E-state index is 9.06. The van der Waals surface area contributed by atoms with E-state index in [2.05, 4.69) is 45.0 Å². The Morgan fingerprint density at radius 3 is 1.80 bits per heavy atom. The zero-order chi connectivity index (χ0) is 54.4. The number of hydrogen-bond acceptors (Lipinski definition) is 6. The van der Waals surface area contributed by atoms with E-state index >= 15 is 0 Å². The molecule has 10 heteroatoms. The molecule has 4 heterocycles. The van der Waals surface area contributed by atoms with Crippen LogP contribution in [0.3, 0.4) is 0 Å². The summed E-state index contributed by atoms with van der Waals surface area (Å²) < 4.78 is 104. The Bertz CT molecular complexity index is 4160. The van der Waals surface area contributed by atoms with Crippen molar-refractivity contribution in [2.45, 2.75) is 0 Å². The molecular weight excluding hydrogens is 1040 g/mol. The number of hydrogen-bond donors (Lipinski definition) is 0. The summed E-state index contributed by atoms with van der Waals surface area (Å²) in [6.07, 6.45) is 5.19. The monoisotopic (exact) mass is 1090 g/mol. The predicted octanol–water partition coefficient (Wildman–Crippen LogP) is 14.0. The molecule has 0 saturated carbocycles. The Kier molecular flexibility index (Phi) is 8.52. The van der Waals surface area contributed by atoms with Gasteiger partial charge < -0.3 is 28.5 Å². The summed E-state index contributed by atoms with van der Waals surface area (Å²) in [4.78, 5) is 11.6. The van der Waals surface area contributed by atoms with Crippen molar-refractivity contribution >= 4 is 52.4 Å². The number of ether oxygens (including phenoxy) is 2. The third-order valence-corrected chi connectivity index (χ3v) is 12.0. The number of para-hydroxylation sites is 8. The molecule has 70 heavy (non-hydrogen) atoms.